The Labute approximate surface area is 124 Å². The molecule has 0 saturated carbocycles. The third-order valence-electron chi connectivity index (χ3n) is 4.70. The summed E-state index contributed by atoms with van der Waals surface area (Å²) in [4.78, 5) is 18.6. The van der Waals surface area contributed by atoms with Crippen molar-refractivity contribution in [1.82, 2.24) is 4.90 Å². The number of hydrogen-bond donors (Lipinski definition) is 0. The number of amides is 1. The quantitative estimate of drug-likeness (QED) is 0.727. The summed E-state index contributed by atoms with van der Waals surface area (Å²) < 4.78 is 0. The third kappa shape index (κ3) is 4.19. The molecule has 0 bridgehead atoms. The van der Waals surface area contributed by atoms with Crippen LogP contribution in [0.4, 0.5) is 0 Å². The topological polar surface area (TPSA) is 32.7 Å². The molecule has 20 heavy (non-hydrogen) atoms. The number of aliphatic imine (C=N–C) groups is 1. The minimum atomic E-state index is -0.167. The summed E-state index contributed by atoms with van der Waals surface area (Å²) in [5, 5.41) is 0. The minimum absolute atomic E-state index is 0.0244. The van der Waals surface area contributed by atoms with Crippen LogP contribution in [0.25, 0.3) is 0 Å². The van der Waals surface area contributed by atoms with Crippen LogP contribution in [0, 0.1) is 17.8 Å². The van der Waals surface area contributed by atoms with Crippen LogP contribution < -0.4 is 0 Å². The maximum atomic E-state index is 12.3. The normalized spacial score (nSPS) is 23.5. The van der Waals surface area contributed by atoms with Gasteiger partial charge >= 0.3 is 0 Å². The van der Waals surface area contributed by atoms with E-state index in [0.29, 0.717) is 24.3 Å². The van der Waals surface area contributed by atoms with Gasteiger partial charge < -0.3 is 4.90 Å². The molecule has 0 fully saturated rings. The molecule has 114 valence electrons. The first-order valence-electron chi connectivity index (χ1n) is 7.75. The molecule has 0 aromatic rings. The monoisotopic (exact) mass is 278 g/mol. The van der Waals surface area contributed by atoms with E-state index < -0.39 is 0 Å². The Bertz CT molecular complexity index is 380. The zero-order valence-electron chi connectivity index (χ0n) is 13.9. The van der Waals surface area contributed by atoms with Crippen LogP contribution in [-0.4, -0.2) is 35.7 Å². The highest BCUT2D eigenvalue weighted by Crippen LogP contribution is 2.25. The molecule has 0 radical (unpaired) electrons. The number of carbonyl (C=O) groups is 1. The van der Waals surface area contributed by atoms with Crippen molar-refractivity contribution in [1.29, 1.82) is 0 Å². The van der Waals surface area contributed by atoms with Crippen LogP contribution in [0.15, 0.2) is 17.1 Å². The second-order valence-electron chi connectivity index (χ2n) is 6.92. The summed E-state index contributed by atoms with van der Waals surface area (Å²) in [6.45, 7) is 14.4. The van der Waals surface area contributed by atoms with E-state index in [2.05, 4.69) is 58.7 Å². The Morgan fingerprint density at radius 2 is 1.95 bits per heavy atom. The predicted molar refractivity (Wildman–Crippen MR) is 86.1 cm³/mol. The standard InChI is InChI=1S/C17H30N2O/c1-13(2)15-8-7-11-19(17(5,6)14(3)4)16(20)12-18-10-9-15/h7-8,12-15H,9-11H2,1-6H3/b8-7?,18-12-. The van der Waals surface area contributed by atoms with Gasteiger partial charge in [-0.1, -0.05) is 39.8 Å². The number of rotatable bonds is 3. The highest BCUT2D eigenvalue weighted by molar-refractivity contribution is 6.26. The second kappa shape index (κ2) is 7.05. The van der Waals surface area contributed by atoms with Gasteiger partial charge in [0.2, 0.25) is 0 Å². The number of hydrogen-bond acceptors (Lipinski definition) is 2. The molecule has 3 nitrogen and oxygen atoms in total. The number of carbonyl (C=O) groups excluding carboxylic acids is 1. The molecule has 0 N–H and O–H groups in total. The van der Waals surface area contributed by atoms with Crippen molar-refractivity contribution in [3.63, 3.8) is 0 Å². The summed E-state index contributed by atoms with van der Waals surface area (Å²) >= 11 is 0. The predicted octanol–water partition coefficient (Wildman–Crippen LogP) is 3.55. The molecular weight excluding hydrogens is 248 g/mol. The van der Waals surface area contributed by atoms with Crippen molar-refractivity contribution >= 4 is 12.1 Å². The Morgan fingerprint density at radius 1 is 1.30 bits per heavy atom. The SMILES string of the molecule is CC(C)C1C=CCN(C(C)(C)C(C)C)C(=O)/C=N\CC1. The highest BCUT2D eigenvalue weighted by atomic mass is 16.2. The van der Waals surface area contributed by atoms with Crippen molar-refractivity contribution in [2.45, 2.75) is 53.5 Å². The van der Waals surface area contributed by atoms with Crippen LogP contribution in [0.5, 0.6) is 0 Å². The van der Waals surface area contributed by atoms with Crippen molar-refractivity contribution < 1.29 is 4.79 Å². The first kappa shape index (κ1) is 16.9. The van der Waals surface area contributed by atoms with Gasteiger partial charge in [0.15, 0.2) is 0 Å². The fourth-order valence-electron chi connectivity index (χ4n) is 2.35. The van der Waals surface area contributed by atoms with E-state index in [1.54, 1.807) is 0 Å². The van der Waals surface area contributed by atoms with Crippen LogP contribution in [0.1, 0.15) is 48.0 Å². The largest absolute Gasteiger partial charge is 0.329 e. The average Bonchev–Trinajstić information content (AvgIpc) is 2.35. The molecule has 0 aliphatic carbocycles. The van der Waals surface area contributed by atoms with Crippen LogP contribution in [-0.2, 0) is 4.79 Å². The average molecular weight is 278 g/mol. The van der Waals surface area contributed by atoms with Gasteiger partial charge in [-0.3, -0.25) is 9.79 Å². The smallest absolute Gasteiger partial charge is 0.265 e. The van der Waals surface area contributed by atoms with Crippen LogP contribution in [0.3, 0.4) is 0 Å². The summed E-state index contributed by atoms with van der Waals surface area (Å²) in [7, 11) is 0. The van der Waals surface area contributed by atoms with E-state index >= 15 is 0 Å². The zero-order chi connectivity index (χ0) is 15.3. The third-order valence-corrected chi connectivity index (χ3v) is 4.70. The molecule has 1 atom stereocenters. The summed E-state index contributed by atoms with van der Waals surface area (Å²) in [6.07, 6.45) is 6.96. The maximum absolute atomic E-state index is 12.3. The lowest BCUT2D eigenvalue weighted by molar-refractivity contribution is -0.129. The fraction of sp³-hybridized carbons (Fsp3) is 0.765. The van der Waals surface area contributed by atoms with Gasteiger partial charge in [0.05, 0.1) is 6.21 Å². The van der Waals surface area contributed by atoms with E-state index in [9.17, 15) is 4.79 Å². The first-order valence-corrected chi connectivity index (χ1v) is 7.75. The molecule has 0 aromatic heterocycles. The molecule has 1 amide bonds. The van der Waals surface area contributed by atoms with Crippen LogP contribution >= 0.6 is 0 Å². The Morgan fingerprint density at radius 3 is 2.50 bits per heavy atom. The van der Waals surface area contributed by atoms with Gasteiger partial charge in [-0.05, 0) is 38.0 Å². The molecule has 1 aliphatic rings. The van der Waals surface area contributed by atoms with Crippen molar-refractivity contribution in [2.24, 2.45) is 22.7 Å². The summed E-state index contributed by atoms with van der Waals surface area (Å²) in [6, 6.07) is 0. The van der Waals surface area contributed by atoms with E-state index in [0.717, 1.165) is 13.0 Å². The maximum Gasteiger partial charge on any atom is 0.265 e. The van der Waals surface area contributed by atoms with Gasteiger partial charge in [0.1, 0.15) is 0 Å². The van der Waals surface area contributed by atoms with E-state index in [1.165, 1.54) is 6.21 Å². The van der Waals surface area contributed by atoms with Crippen molar-refractivity contribution in [3.05, 3.63) is 12.2 Å². The Balaban J connectivity index is 2.96. The van der Waals surface area contributed by atoms with Crippen molar-refractivity contribution in [2.75, 3.05) is 13.1 Å². The van der Waals surface area contributed by atoms with Gasteiger partial charge in [0, 0.05) is 18.6 Å². The van der Waals surface area contributed by atoms with Crippen LogP contribution in [0.2, 0.25) is 0 Å². The first-order chi connectivity index (χ1) is 9.26. The zero-order valence-corrected chi connectivity index (χ0v) is 13.9. The lowest BCUT2D eigenvalue weighted by atomic mass is 9.88. The Hall–Kier alpha value is -1.12. The minimum Gasteiger partial charge on any atom is -0.329 e. The molecule has 0 spiro atoms. The van der Waals surface area contributed by atoms with Gasteiger partial charge in [-0.25, -0.2) is 0 Å². The van der Waals surface area contributed by atoms with E-state index in [4.69, 9.17) is 0 Å². The van der Waals surface area contributed by atoms with E-state index in [1.807, 2.05) is 4.90 Å². The molecule has 3 heteroatoms. The molecule has 0 saturated heterocycles. The molecule has 1 rings (SSSR count). The fourth-order valence-corrected chi connectivity index (χ4v) is 2.35. The lowest BCUT2D eigenvalue weighted by Gasteiger charge is -2.41. The van der Waals surface area contributed by atoms with Gasteiger partial charge in [0.25, 0.3) is 5.91 Å². The van der Waals surface area contributed by atoms with Crippen molar-refractivity contribution in [3.8, 4) is 0 Å². The molecule has 1 unspecified atom stereocenters. The van der Waals surface area contributed by atoms with Gasteiger partial charge in [-0.2, -0.15) is 0 Å². The highest BCUT2D eigenvalue weighted by Gasteiger charge is 2.32. The molecule has 1 aliphatic heterocycles. The molecule has 0 aromatic carbocycles. The summed E-state index contributed by atoms with van der Waals surface area (Å²) in [5.41, 5.74) is -0.167. The second-order valence-corrected chi connectivity index (χ2v) is 6.92. The number of allylic oxidation sites excluding steroid dienone is 1. The lowest BCUT2D eigenvalue weighted by Crippen LogP contribution is -2.51. The molecular formula is C17H30N2O. The summed E-state index contributed by atoms with van der Waals surface area (Å²) in [5.74, 6) is 1.58. The Kier molecular flexibility index (Phi) is 5.97. The molecule has 1 heterocycles. The van der Waals surface area contributed by atoms with Gasteiger partial charge in [-0.15, -0.1) is 0 Å². The number of nitrogens with zero attached hydrogens (tertiary/aromatic N) is 2. The van der Waals surface area contributed by atoms with E-state index in [-0.39, 0.29) is 11.4 Å².